The molecule has 12 N–H and O–H groups in total. The van der Waals surface area contributed by atoms with Crippen LogP contribution in [0.1, 0.15) is 44.2 Å². The Morgan fingerprint density at radius 3 is 1.76 bits per heavy atom. The molecule has 7 atom stereocenters. The quantitative estimate of drug-likeness (QED) is 0.0457. The van der Waals surface area contributed by atoms with Gasteiger partial charge in [0.05, 0.1) is 24.3 Å². The molecule has 4 rings (SSSR count). The monoisotopic (exact) mass is 704 g/mol. The third-order valence-corrected chi connectivity index (χ3v) is 8.77. The van der Waals surface area contributed by atoms with Crippen molar-refractivity contribution in [1.82, 2.24) is 31.2 Å². The van der Waals surface area contributed by atoms with E-state index in [1.807, 2.05) is 48.5 Å². The zero-order valence-corrected chi connectivity index (χ0v) is 28.7. The third kappa shape index (κ3) is 10.2. The fourth-order valence-corrected chi connectivity index (χ4v) is 5.90. The number of aldehydes is 1. The summed E-state index contributed by atoms with van der Waals surface area (Å²) < 4.78 is 0. The zero-order valence-electron chi connectivity index (χ0n) is 28.7. The fraction of sp³-hybridized carbons (Fsp3) is 0.417. The molecule has 0 aliphatic carbocycles. The smallest absolute Gasteiger partial charge is 0.245 e. The van der Waals surface area contributed by atoms with E-state index < -0.39 is 66.0 Å². The van der Waals surface area contributed by atoms with Crippen molar-refractivity contribution < 1.29 is 34.2 Å². The highest BCUT2D eigenvalue weighted by Gasteiger charge is 2.34. The first-order valence-electron chi connectivity index (χ1n) is 17.0. The van der Waals surface area contributed by atoms with Crippen LogP contribution in [0.2, 0.25) is 0 Å². The summed E-state index contributed by atoms with van der Waals surface area (Å²) in [5, 5.41) is 33.0. The van der Waals surface area contributed by atoms with Crippen molar-refractivity contribution in [2.24, 2.45) is 11.5 Å². The number of carbonyl (C=O) groups is 5. The molecule has 4 aromatic rings. The summed E-state index contributed by atoms with van der Waals surface area (Å²) in [6, 6.07) is 8.58. The molecule has 2 aromatic heterocycles. The van der Waals surface area contributed by atoms with Crippen molar-refractivity contribution in [3.05, 3.63) is 72.1 Å². The summed E-state index contributed by atoms with van der Waals surface area (Å²) in [5.41, 5.74) is 14.6. The maximum Gasteiger partial charge on any atom is 0.245 e. The SMILES string of the molecule is C[C@@H](O)[C@H](NC(=O)[C@H](Cc1c[nH]c2ccccc12)NC(=O)[C@@H](NC(=O)[C@@H](N)CCCCN)[C@@H](C)O)C(=O)N[C@H](C=O)Cc1c[nH]c2ccccc12. The van der Waals surface area contributed by atoms with Gasteiger partial charge in [0.15, 0.2) is 0 Å². The van der Waals surface area contributed by atoms with Gasteiger partial charge in [0.1, 0.15) is 24.4 Å². The van der Waals surface area contributed by atoms with E-state index in [2.05, 4.69) is 31.2 Å². The Morgan fingerprint density at radius 1 is 0.725 bits per heavy atom. The van der Waals surface area contributed by atoms with Crippen LogP contribution in [0.5, 0.6) is 0 Å². The van der Waals surface area contributed by atoms with Crippen LogP contribution in [0.4, 0.5) is 0 Å². The Hall–Kier alpha value is -5.09. The molecule has 15 heteroatoms. The molecular formula is C36H48N8O7. The molecule has 0 fully saturated rings. The molecule has 0 saturated carbocycles. The van der Waals surface area contributed by atoms with E-state index >= 15 is 0 Å². The minimum atomic E-state index is -1.51. The third-order valence-electron chi connectivity index (χ3n) is 8.77. The van der Waals surface area contributed by atoms with Crippen LogP contribution in [0.3, 0.4) is 0 Å². The fourth-order valence-electron chi connectivity index (χ4n) is 5.90. The van der Waals surface area contributed by atoms with E-state index in [1.54, 1.807) is 12.4 Å². The van der Waals surface area contributed by atoms with Gasteiger partial charge in [0, 0.05) is 47.0 Å². The first-order valence-corrected chi connectivity index (χ1v) is 17.0. The topological polar surface area (TPSA) is 258 Å². The molecule has 2 heterocycles. The Kier molecular flexibility index (Phi) is 13.8. The molecule has 0 aliphatic heterocycles. The number of aromatic amines is 2. The predicted molar refractivity (Wildman–Crippen MR) is 192 cm³/mol. The van der Waals surface area contributed by atoms with Crippen LogP contribution >= 0.6 is 0 Å². The number of unbranched alkanes of at least 4 members (excludes halogenated alkanes) is 1. The van der Waals surface area contributed by atoms with E-state index in [0.717, 1.165) is 27.4 Å². The van der Waals surface area contributed by atoms with Crippen molar-refractivity contribution in [1.29, 1.82) is 0 Å². The lowest BCUT2D eigenvalue weighted by Crippen LogP contribution is -2.62. The number of carbonyl (C=O) groups excluding carboxylic acids is 5. The molecule has 0 unspecified atom stereocenters. The summed E-state index contributed by atoms with van der Waals surface area (Å²) in [7, 11) is 0. The maximum atomic E-state index is 13.9. The summed E-state index contributed by atoms with van der Waals surface area (Å²) in [6.07, 6.45) is 2.91. The van der Waals surface area contributed by atoms with E-state index in [4.69, 9.17) is 11.5 Å². The lowest BCUT2D eigenvalue weighted by atomic mass is 10.0. The first-order chi connectivity index (χ1) is 24.4. The highest BCUT2D eigenvalue weighted by Crippen LogP contribution is 2.20. The van der Waals surface area contributed by atoms with Crippen molar-refractivity contribution >= 4 is 51.7 Å². The molecule has 15 nitrogen and oxygen atoms in total. The summed E-state index contributed by atoms with van der Waals surface area (Å²) in [4.78, 5) is 72.0. The van der Waals surface area contributed by atoms with Gasteiger partial charge in [-0.25, -0.2) is 0 Å². The van der Waals surface area contributed by atoms with Crippen LogP contribution in [-0.4, -0.2) is 99.1 Å². The highest BCUT2D eigenvalue weighted by molar-refractivity contribution is 5.96. The molecular weight excluding hydrogens is 656 g/mol. The lowest BCUT2D eigenvalue weighted by molar-refractivity contribution is -0.136. The number of amides is 4. The Bertz CT molecular complexity index is 1800. The number of aliphatic hydroxyl groups excluding tert-OH is 2. The van der Waals surface area contributed by atoms with Gasteiger partial charge in [0.25, 0.3) is 0 Å². The van der Waals surface area contributed by atoms with Gasteiger partial charge in [-0.1, -0.05) is 42.8 Å². The predicted octanol–water partition coefficient (Wildman–Crippen LogP) is -0.210. The summed E-state index contributed by atoms with van der Waals surface area (Å²) in [6.45, 7) is 3.06. The number of nitrogens with one attached hydrogen (secondary N) is 6. The van der Waals surface area contributed by atoms with Gasteiger partial charge in [-0.3, -0.25) is 19.2 Å². The van der Waals surface area contributed by atoms with Crippen LogP contribution in [0.15, 0.2) is 60.9 Å². The standard InChI is InChI=1S/C36H48N8O7/c1-20(46)31(35(50)41-24(19-45)15-22-17-39-28-12-5-3-9-25(22)28)44-34(49)30(16-23-18-40-29-13-6-4-10-26(23)29)42-36(51)32(21(2)47)43-33(48)27(38)11-7-8-14-37/h3-6,9-10,12-13,17-21,24,27,30-32,39-40,46-47H,7-8,11,14-16,37-38H2,1-2H3,(H,41,50)(H,42,51)(H,43,48)(H,44,49)/t20-,21-,24+,27+,30+,31+,32+/m1/s1. The van der Waals surface area contributed by atoms with Gasteiger partial charge in [-0.05, 0) is 56.5 Å². The van der Waals surface area contributed by atoms with Crippen LogP contribution in [0.25, 0.3) is 21.8 Å². The Labute approximate surface area is 295 Å². The molecule has 0 spiro atoms. The van der Waals surface area contributed by atoms with Gasteiger partial charge in [-0.2, -0.15) is 0 Å². The van der Waals surface area contributed by atoms with Crippen LogP contribution < -0.4 is 32.7 Å². The van der Waals surface area contributed by atoms with Crippen molar-refractivity contribution in [3.63, 3.8) is 0 Å². The minimum Gasteiger partial charge on any atom is -0.391 e. The minimum absolute atomic E-state index is 0.0632. The van der Waals surface area contributed by atoms with E-state index in [1.165, 1.54) is 13.8 Å². The lowest BCUT2D eigenvalue weighted by Gasteiger charge is -2.28. The second-order valence-electron chi connectivity index (χ2n) is 12.8. The van der Waals surface area contributed by atoms with Gasteiger partial charge >= 0.3 is 0 Å². The first kappa shape index (κ1) is 38.7. The van der Waals surface area contributed by atoms with Gasteiger partial charge in [-0.15, -0.1) is 0 Å². The number of nitrogens with two attached hydrogens (primary N) is 2. The van der Waals surface area contributed by atoms with Crippen LogP contribution in [0, 0.1) is 0 Å². The maximum absolute atomic E-state index is 13.9. The average Bonchev–Trinajstić information content (AvgIpc) is 3.72. The van der Waals surface area contributed by atoms with E-state index in [9.17, 15) is 34.2 Å². The molecule has 0 bridgehead atoms. The molecule has 4 amide bonds. The second-order valence-corrected chi connectivity index (χ2v) is 12.8. The number of H-pyrrole nitrogens is 2. The number of hydrogen-bond donors (Lipinski definition) is 10. The summed E-state index contributed by atoms with van der Waals surface area (Å²) >= 11 is 0. The molecule has 0 radical (unpaired) electrons. The molecule has 0 aliphatic rings. The number of rotatable bonds is 19. The van der Waals surface area contributed by atoms with Gasteiger partial charge < -0.3 is 57.7 Å². The number of aromatic nitrogens is 2. The Balaban J connectivity index is 1.52. The zero-order chi connectivity index (χ0) is 37.1. The number of hydrogen-bond acceptors (Lipinski definition) is 9. The number of benzene rings is 2. The summed E-state index contributed by atoms with van der Waals surface area (Å²) in [5.74, 6) is -3.17. The van der Waals surface area contributed by atoms with Crippen molar-refractivity contribution in [2.45, 2.75) is 88.4 Å². The largest absolute Gasteiger partial charge is 0.391 e. The molecule has 274 valence electrons. The van der Waals surface area contributed by atoms with E-state index in [0.29, 0.717) is 37.7 Å². The number of aliphatic hydroxyl groups is 2. The molecule has 51 heavy (non-hydrogen) atoms. The van der Waals surface area contributed by atoms with Crippen molar-refractivity contribution in [2.75, 3.05) is 6.54 Å². The van der Waals surface area contributed by atoms with E-state index in [-0.39, 0.29) is 12.8 Å². The second kappa shape index (κ2) is 18.2. The Morgan fingerprint density at radius 2 is 1.24 bits per heavy atom. The molecule has 0 saturated heterocycles. The number of para-hydroxylation sites is 2. The molecule has 2 aromatic carbocycles. The number of fused-ring (bicyclic) bond motifs is 2. The van der Waals surface area contributed by atoms with Crippen LogP contribution in [-0.2, 0) is 36.8 Å². The average molecular weight is 705 g/mol. The normalized spacial score (nSPS) is 15.6. The van der Waals surface area contributed by atoms with Crippen molar-refractivity contribution in [3.8, 4) is 0 Å². The highest BCUT2D eigenvalue weighted by atomic mass is 16.3. The van der Waals surface area contributed by atoms with Gasteiger partial charge in [0.2, 0.25) is 23.6 Å².